The Morgan fingerprint density at radius 1 is 1.21 bits per heavy atom. The Bertz CT molecular complexity index is 677. The molecule has 0 aromatic carbocycles. The van der Waals surface area contributed by atoms with Gasteiger partial charge in [0.1, 0.15) is 11.0 Å². The van der Waals surface area contributed by atoms with Crippen molar-refractivity contribution in [2.24, 2.45) is 0 Å². The minimum Gasteiger partial charge on any atom is -0.384 e. The second kappa shape index (κ2) is 4.87. The Kier molecular flexibility index (Phi) is 3.41. The van der Waals surface area contributed by atoms with Crippen molar-refractivity contribution in [2.75, 3.05) is 11.5 Å². The van der Waals surface area contributed by atoms with Crippen LogP contribution in [0, 0.1) is 10.1 Å². The second-order valence-electron chi connectivity index (χ2n) is 3.58. The quantitative estimate of drug-likeness (QED) is 0.499. The van der Waals surface area contributed by atoms with Crippen molar-refractivity contribution < 1.29 is 4.92 Å². The van der Waals surface area contributed by atoms with Crippen molar-refractivity contribution >= 4 is 40.5 Å². The van der Waals surface area contributed by atoms with Crippen molar-refractivity contribution in [3.05, 3.63) is 38.6 Å². The third kappa shape index (κ3) is 2.51. The summed E-state index contributed by atoms with van der Waals surface area (Å²) in [6.07, 6.45) is 1.32. The number of nitro groups is 1. The highest BCUT2D eigenvalue weighted by Gasteiger charge is 2.19. The van der Waals surface area contributed by atoms with Crippen LogP contribution in [0.25, 0.3) is 11.1 Å². The third-order valence-electron chi connectivity index (χ3n) is 2.35. The van der Waals surface area contributed by atoms with E-state index in [1.165, 1.54) is 18.3 Å². The van der Waals surface area contributed by atoms with Gasteiger partial charge in [0.15, 0.2) is 0 Å². The highest BCUT2D eigenvalue weighted by atomic mass is 35.5. The van der Waals surface area contributed by atoms with Gasteiger partial charge in [-0.25, -0.2) is 9.97 Å². The van der Waals surface area contributed by atoms with Crippen molar-refractivity contribution in [3.8, 4) is 11.1 Å². The molecule has 0 spiro atoms. The number of nitrogens with zero attached hydrogens (tertiary/aromatic N) is 3. The Labute approximate surface area is 117 Å². The summed E-state index contributed by atoms with van der Waals surface area (Å²) in [5.41, 5.74) is 11.3. The van der Waals surface area contributed by atoms with Crippen molar-refractivity contribution in [1.29, 1.82) is 0 Å². The van der Waals surface area contributed by atoms with Gasteiger partial charge >= 0.3 is 5.69 Å². The van der Waals surface area contributed by atoms with Crippen LogP contribution in [0.3, 0.4) is 0 Å². The number of aromatic nitrogens is 2. The topological polar surface area (TPSA) is 121 Å². The molecule has 0 aliphatic carbocycles. The van der Waals surface area contributed by atoms with Crippen LogP contribution in [0.15, 0.2) is 18.3 Å². The lowest BCUT2D eigenvalue weighted by Crippen LogP contribution is -2.00. The van der Waals surface area contributed by atoms with Gasteiger partial charge in [0.2, 0.25) is 5.82 Å². The van der Waals surface area contributed by atoms with Gasteiger partial charge < -0.3 is 11.5 Å². The molecule has 0 atom stereocenters. The van der Waals surface area contributed by atoms with Crippen LogP contribution in [-0.4, -0.2) is 14.9 Å². The van der Waals surface area contributed by atoms with Crippen molar-refractivity contribution in [2.45, 2.75) is 0 Å². The molecule has 0 aliphatic rings. The molecular weight excluding hydrogens is 293 g/mol. The highest BCUT2D eigenvalue weighted by Crippen LogP contribution is 2.36. The fourth-order valence-electron chi connectivity index (χ4n) is 1.49. The summed E-state index contributed by atoms with van der Waals surface area (Å²) in [5.74, 6) is -0.0631. The van der Waals surface area contributed by atoms with E-state index in [-0.39, 0.29) is 33.1 Å². The number of pyridine rings is 2. The van der Waals surface area contributed by atoms with Crippen LogP contribution < -0.4 is 11.5 Å². The van der Waals surface area contributed by atoms with E-state index < -0.39 is 4.92 Å². The van der Waals surface area contributed by atoms with Crippen LogP contribution in [0.1, 0.15) is 0 Å². The molecule has 98 valence electrons. The summed E-state index contributed by atoms with van der Waals surface area (Å²) in [5, 5.41) is 11.1. The van der Waals surface area contributed by atoms with E-state index in [2.05, 4.69) is 9.97 Å². The van der Waals surface area contributed by atoms with E-state index in [0.29, 0.717) is 5.56 Å². The van der Waals surface area contributed by atoms with Crippen LogP contribution in [-0.2, 0) is 0 Å². The monoisotopic (exact) mass is 299 g/mol. The minimum absolute atomic E-state index is 0.00407. The lowest BCUT2D eigenvalue weighted by molar-refractivity contribution is -0.384. The maximum Gasteiger partial charge on any atom is 0.311 e. The number of halogens is 2. The van der Waals surface area contributed by atoms with E-state index in [4.69, 9.17) is 34.7 Å². The molecule has 0 radical (unpaired) electrons. The lowest BCUT2D eigenvalue weighted by atomic mass is 10.1. The Morgan fingerprint density at radius 3 is 2.53 bits per heavy atom. The molecule has 7 nitrogen and oxygen atoms in total. The molecular formula is C10H7Cl2N5O2. The molecule has 0 saturated heterocycles. The number of hydrogen-bond donors (Lipinski definition) is 2. The summed E-state index contributed by atoms with van der Waals surface area (Å²) < 4.78 is 0. The molecule has 0 amide bonds. The Morgan fingerprint density at radius 2 is 1.89 bits per heavy atom. The van der Waals surface area contributed by atoms with Crippen molar-refractivity contribution in [1.82, 2.24) is 9.97 Å². The van der Waals surface area contributed by atoms with Gasteiger partial charge in [0.25, 0.3) is 0 Å². The fourth-order valence-corrected chi connectivity index (χ4v) is 1.94. The average molecular weight is 300 g/mol. The van der Waals surface area contributed by atoms with Gasteiger partial charge in [-0.05, 0) is 6.07 Å². The summed E-state index contributed by atoms with van der Waals surface area (Å²) in [4.78, 5) is 17.7. The number of nitrogens with two attached hydrogens (primary N) is 2. The van der Waals surface area contributed by atoms with Gasteiger partial charge in [0, 0.05) is 23.4 Å². The second-order valence-corrected chi connectivity index (χ2v) is 4.34. The largest absolute Gasteiger partial charge is 0.384 e. The zero-order valence-corrected chi connectivity index (χ0v) is 10.8. The summed E-state index contributed by atoms with van der Waals surface area (Å²) >= 11 is 11.9. The first-order valence-corrected chi connectivity index (χ1v) is 5.67. The molecule has 0 saturated carbocycles. The number of rotatable bonds is 2. The molecule has 2 aromatic heterocycles. The first kappa shape index (κ1) is 13.3. The van der Waals surface area contributed by atoms with Crippen LogP contribution in [0.2, 0.25) is 10.2 Å². The molecule has 2 heterocycles. The van der Waals surface area contributed by atoms with Gasteiger partial charge in [-0.2, -0.15) is 0 Å². The van der Waals surface area contributed by atoms with Crippen LogP contribution in [0.5, 0.6) is 0 Å². The number of nitrogen functional groups attached to an aromatic ring is 2. The molecule has 9 heteroatoms. The molecule has 0 bridgehead atoms. The summed E-state index contributed by atoms with van der Waals surface area (Å²) in [7, 11) is 0. The first-order valence-electron chi connectivity index (χ1n) is 4.92. The molecule has 0 unspecified atom stereocenters. The average Bonchev–Trinajstić information content (AvgIpc) is 2.32. The van der Waals surface area contributed by atoms with E-state index in [1.54, 1.807) is 0 Å². The van der Waals surface area contributed by atoms with Gasteiger partial charge in [-0.1, -0.05) is 23.2 Å². The lowest BCUT2D eigenvalue weighted by Gasteiger charge is -2.07. The van der Waals surface area contributed by atoms with Gasteiger partial charge in [0.05, 0.1) is 9.95 Å². The molecule has 2 aromatic rings. The van der Waals surface area contributed by atoms with Gasteiger partial charge in [-0.15, -0.1) is 0 Å². The van der Waals surface area contributed by atoms with E-state index in [9.17, 15) is 10.1 Å². The van der Waals surface area contributed by atoms with Crippen LogP contribution >= 0.6 is 23.2 Å². The van der Waals surface area contributed by atoms with E-state index in [0.717, 1.165) is 0 Å². The number of anilines is 2. The van der Waals surface area contributed by atoms with E-state index >= 15 is 0 Å². The van der Waals surface area contributed by atoms with E-state index in [1.807, 2.05) is 0 Å². The smallest absolute Gasteiger partial charge is 0.311 e. The number of hydrogen-bond acceptors (Lipinski definition) is 6. The Balaban J connectivity index is 2.71. The maximum atomic E-state index is 10.8. The third-order valence-corrected chi connectivity index (χ3v) is 2.94. The van der Waals surface area contributed by atoms with Crippen molar-refractivity contribution in [3.63, 3.8) is 0 Å². The van der Waals surface area contributed by atoms with Crippen LogP contribution in [0.4, 0.5) is 17.3 Å². The van der Waals surface area contributed by atoms with Gasteiger partial charge in [-0.3, -0.25) is 10.1 Å². The predicted molar refractivity (Wildman–Crippen MR) is 73.0 cm³/mol. The fraction of sp³-hybridized carbons (Fsp3) is 0. The molecule has 2 rings (SSSR count). The normalized spacial score (nSPS) is 10.4. The predicted octanol–water partition coefficient (Wildman–Crippen LogP) is 2.52. The Hall–Kier alpha value is -2.12. The zero-order chi connectivity index (χ0) is 14.2. The first-order chi connectivity index (χ1) is 8.90. The summed E-state index contributed by atoms with van der Waals surface area (Å²) in [6, 6.07) is 2.65. The molecule has 4 N–H and O–H groups in total. The zero-order valence-electron chi connectivity index (χ0n) is 9.30. The summed E-state index contributed by atoms with van der Waals surface area (Å²) in [6.45, 7) is 0. The highest BCUT2D eigenvalue weighted by molar-refractivity contribution is 6.36. The SMILES string of the molecule is Nc1cc(-c2cc([N+](=O)[O-])c(N)nc2Cl)c(Cl)cn1. The minimum atomic E-state index is -0.652. The molecule has 0 fully saturated rings. The standard InChI is InChI=1S/C10H7Cl2N5O2/c11-6-3-15-8(13)2-4(6)5-1-7(17(18)19)10(14)16-9(5)12/h1-3H,(H2,13,15)(H2,14,16). The maximum absolute atomic E-state index is 10.8. The molecule has 19 heavy (non-hydrogen) atoms. The molecule has 0 aliphatic heterocycles.